The third-order valence-electron chi connectivity index (χ3n) is 2.00. The summed E-state index contributed by atoms with van der Waals surface area (Å²) in [4.78, 5) is 4.73. The van der Waals surface area contributed by atoms with E-state index in [2.05, 4.69) is 5.48 Å². The Morgan fingerprint density at radius 3 is 2.43 bits per heavy atom. The highest BCUT2D eigenvalue weighted by atomic mass is 19.1. The molecular formula is C9H8F2N2O. The van der Waals surface area contributed by atoms with E-state index in [0.29, 0.717) is 17.7 Å². The summed E-state index contributed by atoms with van der Waals surface area (Å²) in [7, 11) is 0. The minimum atomic E-state index is -0.757. The average Bonchev–Trinajstić information content (AvgIpc) is 2.66. The summed E-state index contributed by atoms with van der Waals surface area (Å²) in [5.41, 5.74) is 8.34. The highest BCUT2D eigenvalue weighted by Gasteiger charge is 2.13. The van der Waals surface area contributed by atoms with Crippen molar-refractivity contribution < 1.29 is 13.6 Å². The molecule has 1 heterocycles. The fourth-order valence-corrected chi connectivity index (χ4v) is 1.21. The van der Waals surface area contributed by atoms with Gasteiger partial charge < -0.3 is 10.6 Å². The minimum Gasteiger partial charge on any atom is -0.416 e. The van der Waals surface area contributed by atoms with E-state index >= 15 is 0 Å². The Morgan fingerprint density at radius 1 is 1.29 bits per heavy atom. The van der Waals surface area contributed by atoms with Crippen molar-refractivity contribution >= 4 is 11.3 Å². The van der Waals surface area contributed by atoms with Crippen molar-refractivity contribution in [1.82, 2.24) is 5.48 Å². The molecule has 0 aromatic heterocycles. The molecule has 0 amide bonds. The third kappa shape index (κ3) is 1.42. The highest BCUT2D eigenvalue weighted by molar-refractivity contribution is 5.68. The van der Waals surface area contributed by atoms with E-state index in [9.17, 15) is 8.78 Å². The van der Waals surface area contributed by atoms with Crippen LogP contribution in [0.25, 0.3) is 5.57 Å². The molecule has 74 valence electrons. The fraction of sp³-hybridized carbons (Fsp3) is 0.111. The van der Waals surface area contributed by atoms with E-state index in [4.69, 9.17) is 10.6 Å². The molecular weight excluding hydrogens is 190 g/mol. The van der Waals surface area contributed by atoms with Gasteiger partial charge in [-0.3, -0.25) is 0 Å². The smallest absolute Gasteiger partial charge is 0.149 e. The first-order valence-corrected chi connectivity index (χ1v) is 4.01. The molecule has 3 N–H and O–H groups in total. The Balaban J connectivity index is 2.45. The van der Waals surface area contributed by atoms with Crippen LogP contribution in [0.5, 0.6) is 0 Å². The van der Waals surface area contributed by atoms with Crippen LogP contribution in [0, 0.1) is 11.6 Å². The standard InChI is InChI=1S/C9H8F2N2O/c10-7-1-5(2-8(11)9(7)12)6-3-13-14-4-6/h1-2,4,13H,3,12H2. The Kier molecular flexibility index (Phi) is 2.09. The number of nitrogens with one attached hydrogen (secondary N) is 1. The zero-order valence-electron chi connectivity index (χ0n) is 7.18. The predicted molar refractivity (Wildman–Crippen MR) is 47.8 cm³/mol. The number of halogens is 2. The van der Waals surface area contributed by atoms with Gasteiger partial charge in [-0.2, -0.15) is 5.48 Å². The zero-order chi connectivity index (χ0) is 10.1. The maximum Gasteiger partial charge on any atom is 0.149 e. The number of hydroxylamine groups is 1. The van der Waals surface area contributed by atoms with Gasteiger partial charge in [0.2, 0.25) is 0 Å². The number of nitrogen functional groups attached to an aromatic ring is 1. The number of rotatable bonds is 1. The second kappa shape index (κ2) is 3.26. The molecule has 1 aromatic rings. The Bertz CT molecular complexity index is 381. The van der Waals surface area contributed by atoms with E-state index in [1.807, 2.05) is 0 Å². The lowest BCUT2D eigenvalue weighted by molar-refractivity contribution is 0.168. The van der Waals surface area contributed by atoms with Crippen LogP contribution in [-0.4, -0.2) is 6.54 Å². The van der Waals surface area contributed by atoms with E-state index in [-0.39, 0.29) is 0 Å². The van der Waals surface area contributed by atoms with Crippen molar-refractivity contribution in [3.05, 3.63) is 35.6 Å². The van der Waals surface area contributed by atoms with Crippen molar-refractivity contribution in [2.24, 2.45) is 0 Å². The van der Waals surface area contributed by atoms with Gasteiger partial charge in [-0.05, 0) is 17.7 Å². The van der Waals surface area contributed by atoms with Gasteiger partial charge in [0.15, 0.2) is 0 Å². The molecule has 3 nitrogen and oxygen atoms in total. The summed E-state index contributed by atoms with van der Waals surface area (Å²) in [6, 6.07) is 2.36. The van der Waals surface area contributed by atoms with E-state index in [1.165, 1.54) is 18.4 Å². The Hall–Kier alpha value is -1.62. The molecule has 0 saturated heterocycles. The van der Waals surface area contributed by atoms with E-state index in [0.717, 1.165) is 0 Å². The molecule has 0 saturated carbocycles. The first-order chi connectivity index (χ1) is 6.68. The summed E-state index contributed by atoms with van der Waals surface area (Å²) in [6.45, 7) is 0.419. The topological polar surface area (TPSA) is 47.3 Å². The van der Waals surface area contributed by atoms with Gasteiger partial charge in [-0.25, -0.2) is 8.78 Å². The van der Waals surface area contributed by atoms with E-state index in [1.54, 1.807) is 0 Å². The second-order valence-corrected chi connectivity index (χ2v) is 2.94. The summed E-state index contributed by atoms with van der Waals surface area (Å²) in [6.07, 6.45) is 1.41. The normalized spacial score (nSPS) is 15.1. The molecule has 1 aliphatic rings. The molecule has 1 aromatic carbocycles. The van der Waals surface area contributed by atoms with Crippen LogP contribution in [0.4, 0.5) is 14.5 Å². The SMILES string of the molecule is Nc1c(F)cc(C2=CONC2)cc1F. The lowest BCUT2D eigenvalue weighted by Gasteiger charge is -2.03. The van der Waals surface area contributed by atoms with Gasteiger partial charge in [0.25, 0.3) is 0 Å². The molecule has 1 aliphatic heterocycles. The Labute approximate surface area is 79.1 Å². The van der Waals surface area contributed by atoms with Crippen LogP contribution in [0.2, 0.25) is 0 Å². The molecule has 0 aliphatic carbocycles. The first-order valence-electron chi connectivity index (χ1n) is 4.01. The largest absolute Gasteiger partial charge is 0.416 e. The zero-order valence-corrected chi connectivity index (χ0v) is 7.18. The quantitative estimate of drug-likeness (QED) is 0.671. The maximum atomic E-state index is 13.0. The van der Waals surface area contributed by atoms with Crippen molar-refractivity contribution in [1.29, 1.82) is 0 Å². The van der Waals surface area contributed by atoms with Gasteiger partial charge >= 0.3 is 0 Å². The highest BCUT2D eigenvalue weighted by Crippen LogP contribution is 2.23. The monoisotopic (exact) mass is 198 g/mol. The summed E-state index contributed by atoms with van der Waals surface area (Å²) in [5.74, 6) is -1.51. The van der Waals surface area contributed by atoms with Crippen molar-refractivity contribution in [2.45, 2.75) is 0 Å². The van der Waals surface area contributed by atoms with Crippen molar-refractivity contribution in [2.75, 3.05) is 12.3 Å². The van der Waals surface area contributed by atoms with Crippen LogP contribution in [-0.2, 0) is 4.84 Å². The predicted octanol–water partition coefficient (Wildman–Crippen LogP) is 1.42. The van der Waals surface area contributed by atoms with Crippen molar-refractivity contribution in [3.63, 3.8) is 0 Å². The van der Waals surface area contributed by atoms with Crippen molar-refractivity contribution in [3.8, 4) is 0 Å². The van der Waals surface area contributed by atoms with Crippen LogP contribution in [0.15, 0.2) is 18.4 Å². The van der Waals surface area contributed by atoms with Gasteiger partial charge in [-0.1, -0.05) is 0 Å². The molecule has 0 fully saturated rings. The molecule has 0 spiro atoms. The lowest BCUT2D eigenvalue weighted by atomic mass is 10.1. The molecule has 14 heavy (non-hydrogen) atoms. The molecule has 0 unspecified atom stereocenters. The van der Waals surface area contributed by atoms with Crippen LogP contribution < -0.4 is 11.2 Å². The molecule has 2 rings (SSSR count). The Morgan fingerprint density at radius 2 is 1.93 bits per heavy atom. The number of hydrogen-bond acceptors (Lipinski definition) is 3. The first kappa shape index (κ1) is 8.96. The molecule has 0 bridgehead atoms. The minimum absolute atomic E-state index is 0.419. The maximum absolute atomic E-state index is 13.0. The van der Waals surface area contributed by atoms with Crippen LogP contribution >= 0.6 is 0 Å². The average molecular weight is 198 g/mol. The molecule has 0 atom stereocenters. The van der Waals surface area contributed by atoms with Gasteiger partial charge in [0.05, 0.1) is 6.54 Å². The van der Waals surface area contributed by atoms with Crippen LogP contribution in [0.1, 0.15) is 5.56 Å². The summed E-state index contributed by atoms with van der Waals surface area (Å²) < 4.78 is 26.1. The van der Waals surface area contributed by atoms with Gasteiger partial charge in [0, 0.05) is 5.57 Å². The summed E-state index contributed by atoms with van der Waals surface area (Å²) in [5, 5.41) is 0. The number of nitrogens with two attached hydrogens (primary N) is 1. The molecule has 5 heteroatoms. The lowest BCUT2D eigenvalue weighted by Crippen LogP contribution is -2.06. The number of hydrogen-bond donors (Lipinski definition) is 2. The third-order valence-corrected chi connectivity index (χ3v) is 2.00. The number of benzene rings is 1. The van der Waals surface area contributed by atoms with Gasteiger partial charge in [-0.15, -0.1) is 0 Å². The number of anilines is 1. The van der Waals surface area contributed by atoms with Crippen LogP contribution in [0.3, 0.4) is 0 Å². The van der Waals surface area contributed by atoms with Gasteiger partial charge in [0.1, 0.15) is 23.6 Å². The second-order valence-electron chi connectivity index (χ2n) is 2.94. The van der Waals surface area contributed by atoms with E-state index < -0.39 is 17.3 Å². The fourth-order valence-electron chi connectivity index (χ4n) is 1.21. The summed E-state index contributed by atoms with van der Waals surface area (Å²) >= 11 is 0. The molecule has 0 radical (unpaired) electrons.